The van der Waals surface area contributed by atoms with Gasteiger partial charge in [0.05, 0.1) is 0 Å². The highest BCUT2D eigenvalue weighted by Crippen LogP contribution is 2.12. The number of piperazine rings is 1. The minimum atomic E-state index is -0.297. The van der Waals surface area contributed by atoms with Gasteiger partial charge in [-0.3, -0.25) is 4.79 Å². The van der Waals surface area contributed by atoms with Crippen LogP contribution in [0, 0.1) is 12.7 Å². The summed E-state index contributed by atoms with van der Waals surface area (Å²) in [4.78, 5) is 16.9. The molecule has 0 atom stereocenters. The summed E-state index contributed by atoms with van der Waals surface area (Å²) in [5.74, 6) is -0.265. The third kappa shape index (κ3) is 4.61. The van der Waals surface area contributed by atoms with Crippen LogP contribution in [-0.2, 0) is 0 Å². The van der Waals surface area contributed by atoms with E-state index in [1.54, 1.807) is 19.1 Å². The van der Waals surface area contributed by atoms with Gasteiger partial charge in [0.15, 0.2) is 5.78 Å². The molecule has 0 saturated carbocycles. The molecule has 1 heterocycles. The highest BCUT2D eigenvalue weighted by molar-refractivity contribution is 5.96. The smallest absolute Gasteiger partial charge is 0.164 e. The lowest BCUT2D eigenvalue weighted by molar-refractivity contribution is 0.0928. The van der Waals surface area contributed by atoms with Crippen LogP contribution in [0.4, 0.5) is 4.39 Å². The van der Waals surface area contributed by atoms with Gasteiger partial charge in [0, 0.05) is 44.7 Å². The van der Waals surface area contributed by atoms with Crippen LogP contribution in [0.3, 0.4) is 0 Å². The van der Waals surface area contributed by atoms with Crippen LogP contribution < -0.4 is 0 Å². The Kier molecular flexibility index (Phi) is 5.88. The Morgan fingerprint density at radius 2 is 1.76 bits per heavy atom. The SMILES string of the molecule is CCCN1CCN(CCC(=O)c2ccc(C)c(F)c2)CC1. The first-order valence-electron chi connectivity index (χ1n) is 7.84. The molecule has 2 rings (SSSR count). The quantitative estimate of drug-likeness (QED) is 0.753. The number of nitrogens with zero attached hydrogens (tertiary/aromatic N) is 2. The number of halogens is 1. The Hall–Kier alpha value is -1.26. The average Bonchev–Trinajstić information content (AvgIpc) is 2.49. The lowest BCUT2D eigenvalue weighted by atomic mass is 10.1. The van der Waals surface area contributed by atoms with Gasteiger partial charge in [0.2, 0.25) is 0 Å². The molecule has 0 radical (unpaired) electrons. The molecule has 1 aromatic carbocycles. The molecule has 1 aliphatic heterocycles. The molecule has 0 unspecified atom stereocenters. The molecule has 1 aromatic rings. The van der Waals surface area contributed by atoms with Gasteiger partial charge >= 0.3 is 0 Å². The molecule has 1 aliphatic rings. The van der Waals surface area contributed by atoms with Gasteiger partial charge in [-0.15, -0.1) is 0 Å². The van der Waals surface area contributed by atoms with Crippen molar-refractivity contribution in [2.24, 2.45) is 0 Å². The van der Waals surface area contributed by atoms with E-state index in [1.165, 1.54) is 12.5 Å². The van der Waals surface area contributed by atoms with Crippen molar-refractivity contribution in [3.63, 3.8) is 0 Å². The summed E-state index contributed by atoms with van der Waals surface area (Å²) in [6.07, 6.45) is 1.66. The van der Waals surface area contributed by atoms with Crippen LogP contribution in [0.1, 0.15) is 35.7 Å². The molecule has 21 heavy (non-hydrogen) atoms. The molecule has 0 aliphatic carbocycles. The van der Waals surface area contributed by atoms with E-state index < -0.39 is 0 Å². The molecule has 116 valence electrons. The van der Waals surface area contributed by atoms with Crippen molar-refractivity contribution in [1.82, 2.24) is 9.80 Å². The highest BCUT2D eigenvalue weighted by atomic mass is 19.1. The van der Waals surface area contributed by atoms with E-state index in [0.717, 1.165) is 39.3 Å². The summed E-state index contributed by atoms with van der Waals surface area (Å²) in [7, 11) is 0. The number of rotatable bonds is 6. The third-order valence-electron chi connectivity index (χ3n) is 4.15. The van der Waals surface area contributed by atoms with E-state index in [2.05, 4.69) is 16.7 Å². The normalized spacial score (nSPS) is 17.1. The Labute approximate surface area is 126 Å². The molecule has 0 N–H and O–H groups in total. The van der Waals surface area contributed by atoms with Crippen LogP contribution in [0.2, 0.25) is 0 Å². The molecule has 0 bridgehead atoms. The number of benzene rings is 1. The highest BCUT2D eigenvalue weighted by Gasteiger charge is 2.17. The second kappa shape index (κ2) is 7.66. The zero-order chi connectivity index (χ0) is 15.2. The lowest BCUT2D eigenvalue weighted by Crippen LogP contribution is -2.46. The second-order valence-electron chi connectivity index (χ2n) is 5.82. The molecule has 0 amide bonds. The summed E-state index contributed by atoms with van der Waals surface area (Å²) < 4.78 is 13.5. The van der Waals surface area contributed by atoms with Gasteiger partial charge in [-0.25, -0.2) is 4.39 Å². The number of hydrogen-bond donors (Lipinski definition) is 0. The number of aryl methyl sites for hydroxylation is 1. The summed E-state index contributed by atoms with van der Waals surface area (Å²) in [5, 5.41) is 0. The van der Waals surface area contributed by atoms with Crippen molar-refractivity contribution < 1.29 is 9.18 Å². The zero-order valence-electron chi connectivity index (χ0n) is 13.1. The Morgan fingerprint density at radius 3 is 2.33 bits per heavy atom. The first-order chi connectivity index (χ1) is 10.1. The minimum Gasteiger partial charge on any atom is -0.301 e. The maximum atomic E-state index is 13.5. The van der Waals surface area contributed by atoms with E-state index in [0.29, 0.717) is 17.5 Å². The molecule has 4 heteroatoms. The number of ketones is 1. The molecule has 3 nitrogen and oxygen atoms in total. The monoisotopic (exact) mass is 292 g/mol. The summed E-state index contributed by atoms with van der Waals surface area (Å²) in [6, 6.07) is 4.75. The van der Waals surface area contributed by atoms with Crippen molar-refractivity contribution in [2.75, 3.05) is 39.3 Å². The predicted molar refractivity (Wildman–Crippen MR) is 83.3 cm³/mol. The van der Waals surface area contributed by atoms with Crippen LogP contribution >= 0.6 is 0 Å². The molecule has 1 saturated heterocycles. The van der Waals surface area contributed by atoms with Crippen LogP contribution in [-0.4, -0.2) is 54.9 Å². The second-order valence-corrected chi connectivity index (χ2v) is 5.82. The molecular weight excluding hydrogens is 267 g/mol. The lowest BCUT2D eigenvalue weighted by Gasteiger charge is -2.34. The van der Waals surface area contributed by atoms with Crippen molar-refractivity contribution in [1.29, 1.82) is 0 Å². The largest absolute Gasteiger partial charge is 0.301 e. The van der Waals surface area contributed by atoms with Crippen molar-refractivity contribution in [3.05, 3.63) is 35.1 Å². The molecular formula is C17H25FN2O. The number of hydrogen-bond acceptors (Lipinski definition) is 3. The first-order valence-corrected chi connectivity index (χ1v) is 7.84. The fourth-order valence-electron chi connectivity index (χ4n) is 2.72. The van der Waals surface area contributed by atoms with Gasteiger partial charge in [0.1, 0.15) is 5.82 Å². The van der Waals surface area contributed by atoms with Crippen molar-refractivity contribution in [2.45, 2.75) is 26.7 Å². The Bertz CT molecular complexity index is 482. The van der Waals surface area contributed by atoms with E-state index in [-0.39, 0.29) is 11.6 Å². The molecule has 0 aromatic heterocycles. The topological polar surface area (TPSA) is 23.6 Å². The Morgan fingerprint density at radius 1 is 1.14 bits per heavy atom. The number of carbonyl (C=O) groups excluding carboxylic acids is 1. The average molecular weight is 292 g/mol. The number of carbonyl (C=O) groups is 1. The number of Topliss-reactive ketones (excluding diaryl/α,β-unsaturated/α-hetero) is 1. The van der Waals surface area contributed by atoms with Gasteiger partial charge in [-0.1, -0.05) is 19.1 Å². The minimum absolute atomic E-state index is 0.0323. The van der Waals surface area contributed by atoms with Gasteiger partial charge < -0.3 is 9.80 Å². The van der Waals surface area contributed by atoms with E-state index in [4.69, 9.17) is 0 Å². The fourth-order valence-corrected chi connectivity index (χ4v) is 2.72. The molecule has 0 spiro atoms. The Balaban J connectivity index is 1.78. The molecule has 1 fully saturated rings. The standard InChI is InChI=1S/C17H25FN2O/c1-3-7-19-9-11-20(12-10-19)8-6-17(21)15-5-4-14(2)16(18)13-15/h4-5,13H,3,6-12H2,1-2H3. The maximum absolute atomic E-state index is 13.5. The van der Waals surface area contributed by atoms with Crippen molar-refractivity contribution >= 4 is 5.78 Å². The van der Waals surface area contributed by atoms with E-state index >= 15 is 0 Å². The third-order valence-corrected chi connectivity index (χ3v) is 4.15. The van der Waals surface area contributed by atoms with Gasteiger partial charge in [-0.05, 0) is 31.5 Å². The summed E-state index contributed by atoms with van der Waals surface area (Å²) in [5.41, 5.74) is 1.07. The van der Waals surface area contributed by atoms with E-state index in [1.807, 2.05) is 0 Å². The first kappa shape index (κ1) is 16.1. The van der Waals surface area contributed by atoms with Crippen LogP contribution in [0.15, 0.2) is 18.2 Å². The van der Waals surface area contributed by atoms with Crippen LogP contribution in [0.5, 0.6) is 0 Å². The van der Waals surface area contributed by atoms with Crippen LogP contribution in [0.25, 0.3) is 0 Å². The fraction of sp³-hybridized carbons (Fsp3) is 0.588. The zero-order valence-corrected chi connectivity index (χ0v) is 13.1. The van der Waals surface area contributed by atoms with E-state index in [9.17, 15) is 9.18 Å². The van der Waals surface area contributed by atoms with Gasteiger partial charge in [-0.2, -0.15) is 0 Å². The predicted octanol–water partition coefficient (Wildman–Crippen LogP) is 2.73. The van der Waals surface area contributed by atoms with Crippen molar-refractivity contribution in [3.8, 4) is 0 Å². The van der Waals surface area contributed by atoms with Gasteiger partial charge in [0.25, 0.3) is 0 Å². The maximum Gasteiger partial charge on any atom is 0.164 e. The summed E-state index contributed by atoms with van der Waals surface area (Å²) >= 11 is 0. The summed E-state index contributed by atoms with van der Waals surface area (Å²) in [6.45, 7) is 10.1.